The van der Waals surface area contributed by atoms with Crippen molar-refractivity contribution in [1.29, 1.82) is 0 Å². The topological polar surface area (TPSA) is 38.1 Å². The number of hydrogen-bond acceptors (Lipinski definition) is 3. The Kier molecular flexibility index (Phi) is 2.42. The minimum Gasteiger partial charge on any atom is -0.438 e. The van der Waals surface area contributed by atoms with Gasteiger partial charge in [-0.3, -0.25) is 0 Å². The van der Waals surface area contributed by atoms with E-state index >= 15 is 0 Å². The van der Waals surface area contributed by atoms with Crippen LogP contribution in [0.3, 0.4) is 0 Å². The first kappa shape index (κ1) is 11.1. The largest absolute Gasteiger partial charge is 0.438 e. The summed E-state index contributed by atoms with van der Waals surface area (Å²) >= 11 is 6.03. The number of halogens is 1. The second-order valence-electron chi connectivity index (χ2n) is 4.95. The normalized spacial score (nSPS) is 24.6. The molecule has 2 heterocycles. The van der Waals surface area contributed by atoms with Gasteiger partial charge < -0.3 is 9.73 Å². The van der Waals surface area contributed by atoms with Crippen LogP contribution in [0.5, 0.6) is 0 Å². The zero-order valence-electron chi connectivity index (χ0n) is 10.0. The maximum atomic E-state index is 6.03. The average Bonchev–Trinajstić information content (AvgIpc) is 2.84. The van der Waals surface area contributed by atoms with Gasteiger partial charge in [0.1, 0.15) is 5.52 Å². The first-order valence-corrected chi connectivity index (χ1v) is 6.28. The molecule has 1 N–H and O–H groups in total. The summed E-state index contributed by atoms with van der Waals surface area (Å²) in [5.74, 6) is 0.773. The molecule has 1 aliphatic heterocycles. The predicted molar refractivity (Wildman–Crippen MR) is 68.3 cm³/mol. The van der Waals surface area contributed by atoms with Gasteiger partial charge >= 0.3 is 0 Å². The highest BCUT2D eigenvalue weighted by Gasteiger charge is 2.35. The molecule has 0 radical (unpaired) electrons. The van der Waals surface area contributed by atoms with Gasteiger partial charge in [0, 0.05) is 5.02 Å². The van der Waals surface area contributed by atoms with Gasteiger partial charge in [0.15, 0.2) is 5.58 Å². The second kappa shape index (κ2) is 3.72. The lowest BCUT2D eigenvalue weighted by Gasteiger charge is -2.19. The Morgan fingerprint density at radius 3 is 3.00 bits per heavy atom. The van der Waals surface area contributed by atoms with Crippen LogP contribution < -0.4 is 5.32 Å². The number of fused-ring (bicyclic) bond motifs is 1. The van der Waals surface area contributed by atoms with E-state index in [1.54, 1.807) is 0 Å². The zero-order chi connectivity index (χ0) is 12.0. The fraction of sp³-hybridized carbons (Fsp3) is 0.462. The molecule has 3 nitrogen and oxygen atoms in total. The van der Waals surface area contributed by atoms with Crippen LogP contribution in [0.2, 0.25) is 5.02 Å². The summed E-state index contributed by atoms with van der Waals surface area (Å²) in [5.41, 5.74) is 2.60. The number of aryl methyl sites for hydroxylation is 1. The minimum atomic E-state index is -0.127. The summed E-state index contributed by atoms with van der Waals surface area (Å²) in [7, 11) is 0. The lowest BCUT2D eigenvalue weighted by Crippen LogP contribution is -2.33. The van der Waals surface area contributed by atoms with E-state index in [2.05, 4.69) is 17.2 Å². The van der Waals surface area contributed by atoms with Gasteiger partial charge in [0.25, 0.3) is 0 Å². The maximum Gasteiger partial charge on any atom is 0.215 e. The van der Waals surface area contributed by atoms with E-state index in [9.17, 15) is 0 Å². The Balaban J connectivity index is 2.16. The fourth-order valence-electron chi connectivity index (χ4n) is 2.47. The Morgan fingerprint density at radius 2 is 2.29 bits per heavy atom. The molecular weight excluding hydrogens is 236 g/mol. The van der Waals surface area contributed by atoms with Crippen molar-refractivity contribution in [2.24, 2.45) is 0 Å². The summed E-state index contributed by atoms with van der Waals surface area (Å²) in [6.07, 6.45) is 2.22. The summed E-state index contributed by atoms with van der Waals surface area (Å²) in [6.45, 7) is 5.16. The number of hydrogen-bond donors (Lipinski definition) is 1. The minimum absolute atomic E-state index is 0.127. The molecule has 0 aliphatic carbocycles. The van der Waals surface area contributed by atoms with Gasteiger partial charge in [0.05, 0.1) is 5.54 Å². The molecule has 4 heteroatoms. The molecule has 1 aromatic carbocycles. The van der Waals surface area contributed by atoms with Crippen molar-refractivity contribution in [3.05, 3.63) is 28.6 Å². The molecule has 1 saturated heterocycles. The molecule has 90 valence electrons. The van der Waals surface area contributed by atoms with Crippen LogP contribution in [0.15, 0.2) is 16.5 Å². The van der Waals surface area contributed by atoms with E-state index in [1.165, 1.54) is 0 Å². The highest BCUT2D eigenvalue weighted by Crippen LogP contribution is 2.33. The summed E-state index contributed by atoms with van der Waals surface area (Å²) in [5, 5.41) is 4.16. The first-order chi connectivity index (χ1) is 8.08. The number of oxazole rings is 1. The predicted octanol–water partition coefficient (Wildman–Crippen LogP) is 3.39. The van der Waals surface area contributed by atoms with Crippen LogP contribution in [-0.4, -0.2) is 11.5 Å². The van der Waals surface area contributed by atoms with Crippen LogP contribution in [-0.2, 0) is 5.54 Å². The smallest absolute Gasteiger partial charge is 0.215 e. The van der Waals surface area contributed by atoms with Gasteiger partial charge in [-0.25, -0.2) is 4.98 Å². The third kappa shape index (κ3) is 1.74. The van der Waals surface area contributed by atoms with Crippen molar-refractivity contribution in [2.75, 3.05) is 6.54 Å². The van der Waals surface area contributed by atoms with Crippen molar-refractivity contribution in [3.8, 4) is 0 Å². The third-order valence-corrected chi connectivity index (χ3v) is 3.70. The number of rotatable bonds is 1. The molecule has 2 aromatic rings. The zero-order valence-corrected chi connectivity index (χ0v) is 10.8. The highest BCUT2D eigenvalue weighted by molar-refractivity contribution is 6.31. The average molecular weight is 251 g/mol. The Bertz CT molecular complexity index is 570. The number of nitrogens with one attached hydrogen (secondary N) is 1. The number of benzene rings is 1. The molecule has 0 bridgehead atoms. The summed E-state index contributed by atoms with van der Waals surface area (Å²) in [6, 6.07) is 3.76. The lowest BCUT2D eigenvalue weighted by molar-refractivity contribution is 0.330. The Labute approximate surface area is 105 Å². The highest BCUT2D eigenvalue weighted by atomic mass is 35.5. The van der Waals surface area contributed by atoms with Crippen LogP contribution in [0.25, 0.3) is 11.1 Å². The van der Waals surface area contributed by atoms with Gasteiger partial charge in [-0.2, -0.15) is 0 Å². The van der Waals surface area contributed by atoms with E-state index in [0.29, 0.717) is 5.02 Å². The van der Waals surface area contributed by atoms with Gasteiger partial charge in [-0.1, -0.05) is 11.6 Å². The molecule has 0 spiro atoms. The summed E-state index contributed by atoms with van der Waals surface area (Å²) in [4.78, 5) is 4.57. The number of nitrogens with zero attached hydrogens (tertiary/aromatic N) is 1. The molecule has 17 heavy (non-hydrogen) atoms. The van der Waals surface area contributed by atoms with Crippen molar-refractivity contribution < 1.29 is 4.42 Å². The number of aromatic nitrogens is 1. The molecular formula is C13H15ClN2O. The molecule has 1 unspecified atom stereocenters. The second-order valence-corrected chi connectivity index (χ2v) is 5.39. The van der Waals surface area contributed by atoms with E-state index < -0.39 is 0 Å². The monoisotopic (exact) mass is 250 g/mol. The molecule has 0 saturated carbocycles. The van der Waals surface area contributed by atoms with Crippen LogP contribution in [0.4, 0.5) is 0 Å². The van der Waals surface area contributed by atoms with Crippen LogP contribution in [0, 0.1) is 6.92 Å². The maximum absolute atomic E-state index is 6.03. The molecule has 0 amide bonds. The molecule has 1 aliphatic rings. The van der Waals surface area contributed by atoms with Crippen molar-refractivity contribution in [1.82, 2.24) is 10.3 Å². The van der Waals surface area contributed by atoms with Crippen LogP contribution >= 0.6 is 11.6 Å². The van der Waals surface area contributed by atoms with Crippen molar-refractivity contribution in [3.63, 3.8) is 0 Å². The standard InChI is InChI=1S/C13H15ClN2O/c1-8-6-9(14)7-10-11(8)17-12(16-10)13(2)4-3-5-15-13/h6-7,15H,3-5H2,1-2H3. The fourth-order valence-corrected chi connectivity index (χ4v) is 2.74. The summed E-state index contributed by atoms with van der Waals surface area (Å²) < 4.78 is 5.91. The van der Waals surface area contributed by atoms with Crippen molar-refractivity contribution in [2.45, 2.75) is 32.2 Å². The van der Waals surface area contributed by atoms with E-state index in [4.69, 9.17) is 16.0 Å². The van der Waals surface area contributed by atoms with Gasteiger partial charge in [-0.05, 0) is 50.9 Å². The molecule has 1 fully saturated rings. The molecule has 1 atom stereocenters. The lowest BCUT2D eigenvalue weighted by atomic mass is 10.0. The Morgan fingerprint density at radius 1 is 1.47 bits per heavy atom. The molecule has 1 aromatic heterocycles. The quantitative estimate of drug-likeness (QED) is 0.843. The van der Waals surface area contributed by atoms with Crippen molar-refractivity contribution >= 4 is 22.7 Å². The third-order valence-electron chi connectivity index (χ3n) is 3.48. The van der Waals surface area contributed by atoms with E-state index in [1.807, 2.05) is 19.1 Å². The van der Waals surface area contributed by atoms with Gasteiger partial charge in [-0.15, -0.1) is 0 Å². The van der Waals surface area contributed by atoms with Crippen LogP contribution in [0.1, 0.15) is 31.2 Å². The molecule has 3 rings (SSSR count). The Hall–Kier alpha value is -1.06. The SMILES string of the molecule is Cc1cc(Cl)cc2nc(C3(C)CCCN3)oc12. The van der Waals surface area contributed by atoms with Gasteiger partial charge in [0.2, 0.25) is 5.89 Å². The van der Waals surface area contributed by atoms with E-state index in [-0.39, 0.29) is 5.54 Å². The first-order valence-electron chi connectivity index (χ1n) is 5.91. The van der Waals surface area contributed by atoms with E-state index in [0.717, 1.165) is 41.9 Å².